The maximum atomic E-state index is 11.5. The number of aliphatic hydroxyl groups excluding tert-OH is 1. The van der Waals surface area contributed by atoms with Crippen LogP contribution in [0.5, 0.6) is 0 Å². The van der Waals surface area contributed by atoms with Gasteiger partial charge in [0.25, 0.3) is 0 Å². The van der Waals surface area contributed by atoms with Crippen molar-refractivity contribution in [1.82, 2.24) is 5.32 Å². The maximum Gasteiger partial charge on any atom is 0.211 e. The van der Waals surface area contributed by atoms with Gasteiger partial charge in [-0.05, 0) is 6.92 Å². The second kappa shape index (κ2) is 4.83. The summed E-state index contributed by atoms with van der Waals surface area (Å²) in [7, 11) is 0. The summed E-state index contributed by atoms with van der Waals surface area (Å²) in [6.45, 7) is 1.61. The first kappa shape index (κ1) is 10.8. The van der Waals surface area contributed by atoms with Crippen molar-refractivity contribution >= 4 is 23.0 Å². The number of aliphatic hydroxyl groups is 1. The molecule has 74 valence electrons. The van der Waals surface area contributed by atoms with Crippen LogP contribution in [-0.2, 0) is 0 Å². The fraction of sp³-hybridized carbons (Fsp3) is 0.200. The van der Waals surface area contributed by atoms with Gasteiger partial charge in [-0.15, -0.1) is 0 Å². The molecule has 1 aromatic carbocycles. The summed E-state index contributed by atoms with van der Waals surface area (Å²) in [5.41, 5.74) is 0.462. The molecule has 0 spiro atoms. The zero-order chi connectivity index (χ0) is 10.6. The third-order valence-corrected chi connectivity index (χ3v) is 1.76. The van der Waals surface area contributed by atoms with Crippen molar-refractivity contribution < 1.29 is 9.90 Å². The van der Waals surface area contributed by atoms with Crippen LogP contribution in [0.1, 0.15) is 17.3 Å². The smallest absolute Gasteiger partial charge is 0.211 e. The van der Waals surface area contributed by atoms with Gasteiger partial charge in [-0.2, -0.15) is 0 Å². The number of benzene rings is 1. The van der Waals surface area contributed by atoms with E-state index >= 15 is 0 Å². The van der Waals surface area contributed by atoms with Crippen molar-refractivity contribution in [3.8, 4) is 0 Å². The van der Waals surface area contributed by atoms with Crippen LogP contribution in [-0.4, -0.2) is 22.1 Å². The Hall–Kier alpha value is -1.26. The number of carbonyl (C=O) groups excluding carboxylic acids is 1. The molecule has 0 radical (unpaired) electrons. The first-order chi connectivity index (χ1) is 6.61. The van der Waals surface area contributed by atoms with Gasteiger partial charge in [0.2, 0.25) is 5.78 Å². The third-order valence-electron chi connectivity index (χ3n) is 1.65. The number of rotatable bonds is 3. The van der Waals surface area contributed by atoms with Gasteiger partial charge in [0.1, 0.15) is 0 Å². The van der Waals surface area contributed by atoms with Gasteiger partial charge >= 0.3 is 0 Å². The number of hydrogen-bond donors (Lipinski definition) is 2. The Kier molecular flexibility index (Phi) is 3.73. The van der Waals surface area contributed by atoms with Gasteiger partial charge in [0.05, 0.1) is 4.99 Å². The van der Waals surface area contributed by atoms with Gasteiger partial charge in [0, 0.05) is 5.56 Å². The average molecular weight is 209 g/mol. The normalized spacial score (nSPS) is 11.9. The highest BCUT2D eigenvalue weighted by atomic mass is 32.1. The molecule has 0 amide bonds. The lowest BCUT2D eigenvalue weighted by Crippen LogP contribution is -2.38. The van der Waals surface area contributed by atoms with E-state index in [1.807, 2.05) is 0 Å². The number of Topliss-reactive ketones (excluding diaryl/α,β-unsaturated/α-hetero) is 1. The molecule has 0 unspecified atom stereocenters. The van der Waals surface area contributed by atoms with Crippen LogP contribution in [0.4, 0.5) is 0 Å². The predicted molar refractivity (Wildman–Crippen MR) is 58.2 cm³/mol. The molecule has 2 N–H and O–H groups in total. The molecule has 0 heterocycles. The Balaban J connectivity index is 2.71. The minimum atomic E-state index is -1.25. The lowest BCUT2D eigenvalue weighted by molar-refractivity contribution is 0.0720. The zero-order valence-corrected chi connectivity index (χ0v) is 8.54. The van der Waals surface area contributed by atoms with E-state index in [1.165, 1.54) is 0 Å². The Bertz CT molecular complexity index is 337. The van der Waals surface area contributed by atoms with E-state index in [0.29, 0.717) is 10.6 Å². The van der Waals surface area contributed by atoms with Gasteiger partial charge < -0.3 is 10.4 Å². The van der Waals surface area contributed by atoms with E-state index in [1.54, 1.807) is 37.3 Å². The molecular formula is C10H11NO2S. The van der Waals surface area contributed by atoms with E-state index in [9.17, 15) is 9.90 Å². The molecule has 0 bridgehead atoms. The van der Waals surface area contributed by atoms with Crippen LogP contribution in [0.25, 0.3) is 0 Å². The molecular weight excluding hydrogens is 198 g/mol. The summed E-state index contributed by atoms with van der Waals surface area (Å²) in [5.74, 6) is -0.380. The van der Waals surface area contributed by atoms with E-state index < -0.39 is 6.23 Å². The van der Waals surface area contributed by atoms with Crippen LogP contribution in [0.2, 0.25) is 0 Å². The van der Waals surface area contributed by atoms with Crippen LogP contribution in [0.15, 0.2) is 30.3 Å². The van der Waals surface area contributed by atoms with E-state index in [4.69, 9.17) is 12.2 Å². The highest BCUT2D eigenvalue weighted by Crippen LogP contribution is 2.01. The summed E-state index contributed by atoms with van der Waals surface area (Å²) in [4.78, 5) is 11.9. The quantitative estimate of drug-likeness (QED) is 0.445. The first-order valence-corrected chi connectivity index (χ1v) is 4.56. The molecule has 1 atom stereocenters. The van der Waals surface area contributed by atoms with Crippen LogP contribution in [0, 0.1) is 0 Å². The van der Waals surface area contributed by atoms with Gasteiger partial charge in [-0.3, -0.25) is 4.79 Å². The summed E-state index contributed by atoms with van der Waals surface area (Å²) in [5, 5.41) is 11.9. The molecule has 4 heteroatoms. The minimum Gasteiger partial charge on any atom is -0.367 e. The monoisotopic (exact) mass is 209 g/mol. The summed E-state index contributed by atoms with van der Waals surface area (Å²) >= 11 is 4.72. The molecule has 1 rings (SSSR count). The molecule has 14 heavy (non-hydrogen) atoms. The summed E-state index contributed by atoms with van der Waals surface area (Å²) < 4.78 is 0. The SMILES string of the molecule is CC(=S)N[C@@H](O)C(=O)c1ccccc1. The fourth-order valence-corrected chi connectivity index (χ4v) is 1.13. The molecule has 0 aliphatic carbocycles. The number of carbonyl (C=O) groups is 1. The number of thiocarbonyl (C=S) groups is 1. The average Bonchev–Trinajstić information content (AvgIpc) is 2.17. The lowest BCUT2D eigenvalue weighted by Gasteiger charge is -2.11. The van der Waals surface area contributed by atoms with E-state index in [-0.39, 0.29) is 5.78 Å². The number of ketones is 1. The van der Waals surface area contributed by atoms with Crippen molar-refractivity contribution in [2.75, 3.05) is 0 Å². The van der Waals surface area contributed by atoms with E-state index in [0.717, 1.165) is 0 Å². The van der Waals surface area contributed by atoms with Crippen molar-refractivity contribution in [1.29, 1.82) is 0 Å². The molecule has 0 saturated heterocycles. The van der Waals surface area contributed by atoms with E-state index in [2.05, 4.69) is 5.32 Å². The van der Waals surface area contributed by atoms with Crippen molar-refractivity contribution in [2.24, 2.45) is 0 Å². The molecule has 0 aromatic heterocycles. The molecule has 0 aliphatic heterocycles. The van der Waals surface area contributed by atoms with Crippen molar-refractivity contribution in [3.63, 3.8) is 0 Å². The summed E-state index contributed by atoms with van der Waals surface area (Å²) in [6, 6.07) is 8.58. The largest absolute Gasteiger partial charge is 0.367 e. The topological polar surface area (TPSA) is 49.3 Å². The van der Waals surface area contributed by atoms with Gasteiger partial charge in [0.15, 0.2) is 6.23 Å². The van der Waals surface area contributed by atoms with Crippen LogP contribution in [0.3, 0.4) is 0 Å². The molecule has 1 aromatic rings. The Morgan fingerprint density at radius 2 is 2.00 bits per heavy atom. The van der Waals surface area contributed by atoms with Gasteiger partial charge in [-0.1, -0.05) is 42.5 Å². The maximum absolute atomic E-state index is 11.5. The zero-order valence-electron chi connectivity index (χ0n) is 7.73. The highest BCUT2D eigenvalue weighted by molar-refractivity contribution is 7.80. The Morgan fingerprint density at radius 3 is 2.50 bits per heavy atom. The standard InChI is InChI=1S/C10H11NO2S/c1-7(14)11-10(13)9(12)8-5-3-2-4-6-8/h2-6,10,13H,1H3,(H,11,14)/t10-/m0/s1. The molecule has 3 nitrogen and oxygen atoms in total. The third kappa shape index (κ3) is 2.90. The minimum absolute atomic E-state index is 0.380. The number of nitrogens with one attached hydrogen (secondary N) is 1. The van der Waals surface area contributed by atoms with Gasteiger partial charge in [-0.25, -0.2) is 0 Å². The second-order valence-corrected chi connectivity index (χ2v) is 3.45. The fourth-order valence-electron chi connectivity index (χ4n) is 1.02. The number of hydrogen-bond acceptors (Lipinski definition) is 3. The Labute approximate surface area is 87.8 Å². The van der Waals surface area contributed by atoms with Crippen LogP contribution >= 0.6 is 12.2 Å². The summed E-state index contributed by atoms with van der Waals surface area (Å²) in [6.07, 6.45) is -1.25. The highest BCUT2D eigenvalue weighted by Gasteiger charge is 2.15. The molecule has 0 saturated carbocycles. The first-order valence-electron chi connectivity index (χ1n) is 4.15. The molecule has 0 aliphatic rings. The predicted octanol–water partition coefficient (Wildman–Crippen LogP) is 1.12. The molecule has 0 fully saturated rings. The van der Waals surface area contributed by atoms with Crippen molar-refractivity contribution in [2.45, 2.75) is 13.2 Å². The van der Waals surface area contributed by atoms with Crippen LogP contribution < -0.4 is 5.32 Å². The Morgan fingerprint density at radius 1 is 1.43 bits per heavy atom. The van der Waals surface area contributed by atoms with Crippen molar-refractivity contribution in [3.05, 3.63) is 35.9 Å². The lowest BCUT2D eigenvalue weighted by atomic mass is 10.1. The second-order valence-electron chi connectivity index (χ2n) is 2.83.